The van der Waals surface area contributed by atoms with Gasteiger partial charge in [-0.25, -0.2) is 0 Å². The zero-order valence-electron chi connectivity index (χ0n) is 5.77. The van der Waals surface area contributed by atoms with Gasteiger partial charge in [-0.15, -0.1) is 0 Å². The Kier molecular flexibility index (Phi) is 2.37. The van der Waals surface area contributed by atoms with Gasteiger partial charge in [0.2, 0.25) is 0 Å². The molecule has 0 amide bonds. The lowest BCUT2D eigenvalue weighted by molar-refractivity contribution is 0.0482. The normalized spacial score (nSPS) is 41.3. The van der Waals surface area contributed by atoms with Gasteiger partial charge >= 0.3 is 0 Å². The van der Waals surface area contributed by atoms with Gasteiger partial charge in [-0.3, -0.25) is 4.99 Å². The van der Waals surface area contributed by atoms with Crippen molar-refractivity contribution in [2.24, 2.45) is 4.99 Å². The van der Waals surface area contributed by atoms with Crippen LogP contribution in [-0.2, 0) is 4.74 Å². The van der Waals surface area contributed by atoms with Crippen molar-refractivity contribution in [3.63, 3.8) is 0 Å². The monoisotopic (exact) mass is 145 g/mol. The third-order valence-corrected chi connectivity index (χ3v) is 1.49. The zero-order chi connectivity index (χ0) is 7.56. The van der Waals surface area contributed by atoms with Crippen molar-refractivity contribution in [1.29, 1.82) is 0 Å². The van der Waals surface area contributed by atoms with E-state index in [0.29, 0.717) is 0 Å². The molecule has 1 saturated heterocycles. The molecule has 0 bridgehead atoms. The minimum atomic E-state index is -0.816. The third kappa shape index (κ3) is 1.34. The Morgan fingerprint density at radius 1 is 1.60 bits per heavy atom. The standard InChI is InChI=1S/C6H11NO3/c1-7-2-5-6(9)4(8)3-10-5/h2,4-6,8-9H,3H2,1H3/t4-,5-,6-/m1/s1. The number of rotatable bonds is 1. The maximum absolute atomic E-state index is 9.12. The molecule has 4 heteroatoms. The Hall–Kier alpha value is -0.450. The van der Waals surface area contributed by atoms with Crippen LogP contribution < -0.4 is 0 Å². The van der Waals surface area contributed by atoms with Crippen LogP contribution in [0.4, 0.5) is 0 Å². The molecule has 0 spiro atoms. The molecule has 0 unspecified atom stereocenters. The Morgan fingerprint density at radius 3 is 2.70 bits per heavy atom. The molecule has 1 fully saturated rings. The summed E-state index contributed by atoms with van der Waals surface area (Å²) >= 11 is 0. The van der Waals surface area contributed by atoms with Gasteiger partial charge in [0.1, 0.15) is 18.3 Å². The summed E-state index contributed by atoms with van der Waals surface area (Å²) in [6.45, 7) is 0.192. The first-order valence-corrected chi connectivity index (χ1v) is 3.15. The van der Waals surface area contributed by atoms with E-state index in [1.54, 1.807) is 7.05 Å². The van der Waals surface area contributed by atoms with Gasteiger partial charge in [0.25, 0.3) is 0 Å². The Labute approximate surface area is 59.2 Å². The van der Waals surface area contributed by atoms with Crippen molar-refractivity contribution in [2.75, 3.05) is 13.7 Å². The van der Waals surface area contributed by atoms with Gasteiger partial charge in [0.05, 0.1) is 6.61 Å². The SMILES string of the molecule is CN=C[C@H]1OC[C@@H](O)[C@H]1O. The maximum Gasteiger partial charge on any atom is 0.121 e. The van der Waals surface area contributed by atoms with Crippen LogP contribution >= 0.6 is 0 Å². The molecule has 2 N–H and O–H groups in total. The molecular weight excluding hydrogens is 134 g/mol. The molecule has 0 aromatic heterocycles. The Bertz CT molecular complexity index is 137. The molecule has 1 aliphatic heterocycles. The van der Waals surface area contributed by atoms with E-state index in [4.69, 9.17) is 14.9 Å². The lowest BCUT2D eigenvalue weighted by Gasteiger charge is -2.08. The smallest absolute Gasteiger partial charge is 0.121 e. The molecule has 10 heavy (non-hydrogen) atoms. The van der Waals surface area contributed by atoms with Crippen molar-refractivity contribution in [1.82, 2.24) is 0 Å². The number of hydrogen-bond donors (Lipinski definition) is 2. The highest BCUT2D eigenvalue weighted by Crippen LogP contribution is 2.11. The predicted octanol–water partition coefficient (Wildman–Crippen LogP) is -1.19. The minimum absolute atomic E-state index is 0.192. The molecule has 3 atom stereocenters. The lowest BCUT2D eigenvalue weighted by atomic mass is 10.2. The summed E-state index contributed by atoms with van der Waals surface area (Å²) in [7, 11) is 1.60. The number of aliphatic hydroxyl groups excluding tert-OH is 2. The van der Waals surface area contributed by atoms with E-state index in [-0.39, 0.29) is 6.61 Å². The van der Waals surface area contributed by atoms with Crippen LogP contribution in [0.3, 0.4) is 0 Å². The fraction of sp³-hybridized carbons (Fsp3) is 0.833. The summed E-state index contributed by atoms with van der Waals surface area (Å²) in [6.07, 6.45) is -0.521. The Morgan fingerprint density at radius 2 is 2.30 bits per heavy atom. The summed E-state index contributed by atoms with van der Waals surface area (Å²) < 4.78 is 4.97. The van der Waals surface area contributed by atoms with Gasteiger partial charge in [-0.05, 0) is 0 Å². The molecule has 0 aliphatic carbocycles. The molecule has 58 valence electrons. The first kappa shape index (κ1) is 7.65. The average Bonchev–Trinajstić information content (AvgIpc) is 2.20. The number of nitrogens with zero attached hydrogens (tertiary/aromatic N) is 1. The summed E-state index contributed by atoms with van der Waals surface area (Å²) in [4.78, 5) is 3.68. The Balaban J connectivity index is 2.48. The first-order chi connectivity index (χ1) is 4.75. The molecule has 0 radical (unpaired) electrons. The third-order valence-electron chi connectivity index (χ3n) is 1.49. The second-order valence-electron chi connectivity index (χ2n) is 2.26. The molecule has 0 saturated carbocycles. The molecule has 1 aliphatic rings. The van der Waals surface area contributed by atoms with Crippen LogP contribution in [0.15, 0.2) is 4.99 Å². The molecule has 4 nitrogen and oxygen atoms in total. The highest BCUT2D eigenvalue weighted by Gasteiger charge is 2.32. The minimum Gasteiger partial charge on any atom is -0.388 e. The van der Waals surface area contributed by atoms with Crippen molar-refractivity contribution in [3.8, 4) is 0 Å². The van der Waals surface area contributed by atoms with Gasteiger partial charge in [-0.1, -0.05) is 0 Å². The van der Waals surface area contributed by atoms with Crippen LogP contribution in [0.5, 0.6) is 0 Å². The summed E-state index contributed by atoms with van der Waals surface area (Å²) in [5.74, 6) is 0. The predicted molar refractivity (Wildman–Crippen MR) is 36.2 cm³/mol. The van der Waals surface area contributed by atoms with E-state index in [1.165, 1.54) is 6.21 Å². The van der Waals surface area contributed by atoms with Crippen molar-refractivity contribution < 1.29 is 14.9 Å². The van der Waals surface area contributed by atoms with E-state index < -0.39 is 18.3 Å². The van der Waals surface area contributed by atoms with Gasteiger partial charge in [0, 0.05) is 13.3 Å². The lowest BCUT2D eigenvalue weighted by Crippen LogP contribution is -2.30. The van der Waals surface area contributed by atoms with E-state index in [0.717, 1.165) is 0 Å². The molecule has 1 rings (SSSR count). The van der Waals surface area contributed by atoms with E-state index in [2.05, 4.69) is 4.99 Å². The second kappa shape index (κ2) is 3.09. The number of hydrogen-bond acceptors (Lipinski definition) is 4. The maximum atomic E-state index is 9.12. The molecule has 0 aromatic carbocycles. The van der Waals surface area contributed by atoms with Gasteiger partial charge in [-0.2, -0.15) is 0 Å². The number of ether oxygens (including phenoxy) is 1. The van der Waals surface area contributed by atoms with Gasteiger partial charge < -0.3 is 14.9 Å². The molecule has 0 aromatic rings. The average molecular weight is 145 g/mol. The highest BCUT2D eigenvalue weighted by molar-refractivity contribution is 5.64. The zero-order valence-corrected chi connectivity index (χ0v) is 5.77. The summed E-state index contributed by atoms with van der Waals surface area (Å²) in [5.41, 5.74) is 0. The van der Waals surface area contributed by atoms with Crippen LogP contribution in [0.2, 0.25) is 0 Å². The van der Waals surface area contributed by atoms with Gasteiger partial charge in [0.15, 0.2) is 0 Å². The quantitative estimate of drug-likeness (QED) is 0.456. The first-order valence-electron chi connectivity index (χ1n) is 3.15. The van der Waals surface area contributed by atoms with E-state index in [9.17, 15) is 0 Å². The van der Waals surface area contributed by atoms with Crippen LogP contribution in [0.1, 0.15) is 0 Å². The van der Waals surface area contributed by atoms with Crippen molar-refractivity contribution >= 4 is 6.21 Å². The molecular formula is C6H11NO3. The number of aliphatic hydroxyl groups is 2. The fourth-order valence-electron chi connectivity index (χ4n) is 0.904. The second-order valence-corrected chi connectivity index (χ2v) is 2.26. The number of aliphatic imine (C=N–C) groups is 1. The van der Waals surface area contributed by atoms with Crippen LogP contribution in [0.25, 0.3) is 0 Å². The van der Waals surface area contributed by atoms with Crippen LogP contribution in [-0.4, -0.2) is 48.4 Å². The summed E-state index contributed by atoms with van der Waals surface area (Å²) in [6, 6.07) is 0. The van der Waals surface area contributed by atoms with Crippen molar-refractivity contribution in [2.45, 2.75) is 18.3 Å². The fourth-order valence-corrected chi connectivity index (χ4v) is 0.904. The van der Waals surface area contributed by atoms with Crippen molar-refractivity contribution in [3.05, 3.63) is 0 Å². The topological polar surface area (TPSA) is 62.0 Å². The summed E-state index contributed by atoms with van der Waals surface area (Å²) in [5, 5.41) is 18.1. The van der Waals surface area contributed by atoms with Crippen LogP contribution in [0, 0.1) is 0 Å². The van der Waals surface area contributed by atoms with E-state index in [1.807, 2.05) is 0 Å². The molecule has 1 heterocycles. The highest BCUT2D eigenvalue weighted by atomic mass is 16.5. The largest absolute Gasteiger partial charge is 0.388 e. The van der Waals surface area contributed by atoms with E-state index >= 15 is 0 Å².